The Bertz CT molecular complexity index is 1290. The third-order valence-electron chi connectivity index (χ3n) is 4.21. The highest BCUT2D eigenvalue weighted by Gasteiger charge is 2.22. The van der Waals surface area contributed by atoms with E-state index in [9.17, 15) is 14.4 Å². The number of para-hydroxylation sites is 1. The van der Waals surface area contributed by atoms with Crippen molar-refractivity contribution in [1.29, 1.82) is 0 Å². The SMILES string of the molecule is CCOC(=O)c1sc(NC(=O)c2cc(=O)c3ccccc3o2)nc1-c1ccccc1. The van der Waals surface area contributed by atoms with Gasteiger partial charge >= 0.3 is 5.97 Å². The van der Waals surface area contributed by atoms with E-state index in [4.69, 9.17) is 9.15 Å². The van der Waals surface area contributed by atoms with Crippen molar-refractivity contribution in [2.45, 2.75) is 6.92 Å². The van der Waals surface area contributed by atoms with Gasteiger partial charge in [0.2, 0.25) is 0 Å². The lowest BCUT2D eigenvalue weighted by Crippen LogP contribution is -2.14. The number of nitrogens with zero attached hydrogens (tertiary/aromatic N) is 1. The standard InChI is InChI=1S/C22H16N2O5S/c1-2-28-21(27)19-18(13-8-4-3-5-9-13)23-22(30-19)24-20(26)17-12-15(25)14-10-6-7-11-16(14)29-17/h3-12H,2H2,1H3,(H,23,24,26). The number of thiazole rings is 1. The quantitative estimate of drug-likeness (QED) is 0.482. The van der Waals surface area contributed by atoms with Crippen LogP contribution in [0.5, 0.6) is 0 Å². The molecule has 0 unspecified atom stereocenters. The molecule has 2 heterocycles. The lowest BCUT2D eigenvalue weighted by Gasteiger charge is -2.02. The molecule has 0 bridgehead atoms. The minimum Gasteiger partial charge on any atom is -0.462 e. The monoisotopic (exact) mass is 420 g/mol. The van der Waals surface area contributed by atoms with E-state index in [1.54, 1.807) is 31.2 Å². The molecule has 2 aromatic heterocycles. The highest BCUT2D eigenvalue weighted by Crippen LogP contribution is 2.32. The average molecular weight is 420 g/mol. The molecule has 30 heavy (non-hydrogen) atoms. The summed E-state index contributed by atoms with van der Waals surface area (Å²) in [6.07, 6.45) is 0. The normalized spacial score (nSPS) is 10.7. The van der Waals surface area contributed by atoms with Crippen LogP contribution in [0.4, 0.5) is 5.13 Å². The molecule has 1 amide bonds. The Kier molecular flexibility index (Phi) is 5.40. The van der Waals surface area contributed by atoms with Gasteiger partial charge in [0.1, 0.15) is 10.5 Å². The lowest BCUT2D eigenvalue weighted by molar-refractivity contribution is 0.0532. The molecule has 0 aliphatic heterocycles. The van der Waals surface area contributed by atoms with Crippen LogP contribution < -0.4 is 10.7 Å². The van der Waals surface area contributed by atoms with E-state index in [1.807, 2.05) is 30.3 Å². The number of hydrogen-bond acceptors (Lipinski definition) is 7. The van der Waals surface area contributed by atoms with Gasteiger partial charge in [-0.1, -0.05) is 53.8 Å². The van der Waals surface area contributed by atoms with Crippen LogP contribution in [0, 0.1) is 0 Å². The van der Waals surface area contributed by atoms with Crippen LogP contribution in [0.2, 0.25) is 0 Å². The number of aromatic nitrogens is 1. The number of rotatable bonds is 5. The molecule has 8 heteroatoms. The topological polar surface area (TPSA) is 98.5 Å². The highest BCUT2D eigenvalue weighted by atomic mass is 32.1. The summed E-state index contributed by atoms with van der Waals surface area (Å²) in [4.78, 5) is 42.0. The summed E-state index contributed by atoms with van der Waals surface area (Å²) in [6.45, 7) is 1.93. The van der Waals surface area contributed by atoms with Gasteiger partial charge in [0.05, 0.1) is 17.7 Å². The molecule has 2 aromatic carbocycles. The number of hydrogen-bond donors (Lipinski definition) is 1. The second-order valence-electron chi connectivity index (χ2n) is 6.21. The first-order valence-corrected chi connectivity index (χ1v) is 9.96. The summed E-state index contributed by atoms with van der Waals surface area (Å²) in [7, 11) is 0. The fourth-order valence-corrected chi connectivity index (χ4v) is 3.75. The van der Waals surface area contributed by atoms with Crippen molar-refractivity contribution in [3.63, 3.8) is 0 Å². The van der Waals surface area contributed by atoms with Crippen LogP contribution in [-0.4, -0.2) is 23.5 Å². The van der Waals surface area contributed by atoms with Crippen molar-refractivity contribution in [1.82, 2.24) is 4.98 Å². The molecule has 150 valence electrons. The Morgan fingerprint density at radius 2 is 1.83 bits per heavy atom. The summed E-state index contributed by atoms with van der Waals surface area (Å²) < 4.78 is 10.7. The maximum absolute atomic E-state index is 12.7. The van der Waals surface area contributed by atoms with Crippen molar-refractivity contribution in [2.75, 3.05) is 11.9 Å². The zero-order valence-electron chi connectivity index (χ0n) is 15.9. The molecule has 0 saturated carbocycles. The number of benzene rings is 2. The summed E-state index contributed by atoms with van der Waals surface area (Å²) >= 11 is 0.996. The number of anilines is 1. The van der Waals surface area contributed by atoms with Crippen LogP contribution in [0.25, 0.3) is 22.2 Å². The van der Waals surface area contributed by atoms with Crippen molar-refractivity contribution in [2.24, 2.45) is 0 Å². The van der Waals surface area contributed by atoms with Crippen LogP contribution >= 0.6 is 11.3 Å². The summed E-state index contributed by atoms with van der Waals surface area (Å²) in [5.74, 6) is -1.30. The Hall–Kier alpha value is -3.78. The van der Waals surface area contributed by atoms with E-state index >= 15 is 0 Å². The van der Waals surface area contributed by atoms with E-state index in [0.29, 0.717) is 16.7 Å². The van der Waals surface area contributed by atoms with Gasteiger partial charge in [-0.25, -0.2) is 9.78 Å². The van der Waals surface area contributed by atoms with Crippen molar-refractivity contribution < 1.29 is 18.7 Å². The van der Waals surface area contributed by atoms with E-state index in [1.165, 1.54) is 0 Å². The van der Waals surface area contributed by atoms with Gasteiger partial charge in [-0.2, -0.15) is 0 Å². The van der Waals surface area contributed by atoms with Gasteiger partial charge in [-0.15, -0.1) is 0 Å². The van der Waals surface area contributed by atoms with Crippen molar-refractivity contribution in [3.05, 3.63) is 81.5 Å². The molecule has 0 spiro atoms. The molecule has 4 aromatic rings. The largest absolute Gasteiger partial charge is 0.462 e. The smallest absolute Gasteiger partial charge is 0.350 e. The Morgan fingerprint density at radius 3 is 2.60 bits per heavy atom. The van der Waals surface area contributed by atoms with Crippen molar-refractivity contribution in [3.8, 4) is 11.3 Å². The molecule has 0 aliphatic rings. The molecule has 0 saturated heterocycles. The second kappa shape index (κ2) is 8.30. The van der Waals surface area contributed by atoms with E-state index in [0.717, 1.165) is 23.0 Å². The van der Waals surface area contributed by atoms with Gasteiger partial charge < -0.3 is 9.15 Å². The van der Waals surface area contributed by atoms with Crippen LogP contribution in [0.3, 0.4) is 0 Å². The number of esters is 1. The van der Waals surface area contributed by atoms with Gasteiger partial charge in [-0.05, 0) is 19.1 Å². The first-order chi connectivity index (χ1) is 14.6. The summed E-state index contributed by atoms with van der Waals surface area (Å²) in [5.41, 5.74) is 1.12. The van der Waals surface area contributed by atoms with Crippen LogP contribution in [-0.2, 0) is 4.74 Å². The minimum atomic E-state index is -0.637. The Labute approximate surface area is 174 Å². The summed E-state index contributed by atoms with van der Waals surface area (Å²) in [5, 5.41) is 3.19. The van der Waals surface area contributed by atoms with Crippen molar-refractivity contribution >= 4 is 39.3 Å². The molecule has 1 N–H and O–H groups in total. The third kappa shape index (κ3) is 3.85. The van der Waals surface area contributed by atoms with Gasteiger partial charge in [-0.3, -0.25) is 14.9 Å². The van der Waals surface area contributed by atoms with Crippen LogP contribution in [0.15, 0.2) is 69.9 Å². The first kappa shape index (κ1) is 19.5. The van der Waals surface area contributed by atoms with Gasteiger partial charge in [0.15, 0.2) is 16.3 Å². The molecule has 0 atom stereocenters. The van der Waals surface area contributed by atoms with E-state index in [2.05, 4.69) is 10.3 Å². The summed E-state index contributed by atoms with van der Waals surface area (Å²) in [6, 6.07) is 16.9. The Morgan fingerprint density at radius 1 is 1.10 bits per heavy atom. The van der Waals surface area contributed by atoms with E-state index in [-0.39, 0.29) is 27.8 Å². The second-order valence-corrected chi connectivity index (χ2v) is 7.21. The third-order valence-corrected chi connectivity index (χ3v) is 5.16. The first-order valence-electron chi connectivity index (χ1n) is 9.14. The number of ether oxygens (including phenoxy) is 1. The minimum absolute atomic E-state index is 0.146. The molecular formula is C22H16N2O5S. The van der Waals surface area contributed by atoms with Crippen LogP contribution in [0.1, 0.15) is 27.2 Å². The van der Waals surface area contributed by atoms with E-state index < -0.39 is 11.9 Å². The molecule has 0 fully saturated rings. The molecular weight excluding hydrogens is 404 g/mol. The number of carbonyl (C=O) groups is 2. The highest BCUT2D eigenvalue weighted by molar-refractivity contribution is 7.18. The average Bonchev–Trinajstić information content (AvgIpc) is 3.18. The maximum atomic E-state index is 12.7. The zero-order chi connectivity index (χ0) is 21.1. The molecule has 0 aliphatic carbocycles. The number of fused-ring (bicyclic) bond motifs is 1. The zero-order valence-corrected chi connectivity index (χ0v) is 16.7. The van der Waals surface area contributed by atoms with Gasteiger partial charge in [0, 0.05) is 11.6 Å². The fourth-order valence-electron chi connectivity index (χ4n) is 2.87. The number of nitrogens with one attached hydrogen (secondary N) is 1. The molecule has 7 nitrogen and oxygen atoms in total. The molecule has 4 rings (SSSR count). The number of amides is 1. The number of carbonyl (C=O) groups excluding carboxylic acids is 2. The lowest BCUT2D eigenvalue weighted by atomic mass is 10.1. The predicted molar refractivity (Wildman–Crippen MR) is 114 cm³/mol. The Balaban J connectivity index is 1.68. The fraction of sp³-hybridized carbons (Fsp3) is 0.0909. The maximum Gasteiger partial charge on any atom is 0.350 e. The predicted octanol–water partition coefficient (Wildman–Crippen LogP) is 4.35. The van der Waals surface area contributed by atoms with Gasteiger partial charge in [0.25, 0.3) is 5.91 Å². The molecule has 0 radical (unpaired) electrons.